The Morgan fingerprint density at radius 1 is 1.12 bits per heavy atom. The van der Waals surface area contributed by atoms with Crippen molar-refractivity contribution in [3.8, 4) is 5.75 Å². The van der Waals surface area contributed by atoms with E-state index in [4.69, 9.17) is 17.0 Å². The summed E-state index contributed by atoms with van der Waals surface area (Å²) in [6.07, 6.45) is 0. The Balaban J connectivity index is 1.94. The van der Waals surface area contributed by atoms with Crippen molar-refractivity contribution in [2.24, 2.45) is 5.92 Å². The van der Waals surface area contributed by atoms with Gasteiger partial charge in [0, 0.05) is 11.3 Å². The van der Waals surface area contributed by atoms with Gasteiger partial charge in [0.2, 0.25) is 0 Å². The van der Waals surface area contributed by atoms with Crippen molar-refractivity contribution in [2.45, 2.75) is 27.7 Å². The van der Waals surface area contributed by atoms with Crippen molar-refractivity contribution in [1.82, 2.24) is 5.32 Å². The number of thiocarbonyl (C=S) groups is 1. The van der Waals surface area contributed by atoms with Crippen LogP contribution in [-0.4, -0.2) is 17.6 Å². The van der Waals surface area contributed by atoms with Gasteiger partial charge in [0.25, 0.3) is 5.91 Å². The summed E-state index contributed by atoms with van der Waals surface area (Å²) in [5.41, 5.74) is 3.61. The van der Waals surface area contributed by atoms with Crippen molar-refractivity contribution in [1.29, 1.82) is 0 Å². The van der Waals surface area contributed by atoms with E-state index in [0.717, 1.165) is 22.6 Å². The summed E-state index contributed by atoms with van der Waals surface area (Å²) in [7, 11) is 0. The molecule has 0 atom stereocenters. The van der Waals surface area contributed by atoms with Gasteiger partial charge in [0.15, 0.2) is 5.11 Å². The molecule has 0 aromatic heterocycles. The Bertz CT molecular complexity index is 755. The second-order valence-corrected chi connectivity index (χ2v) is 6.86. The van der Waals surface area contributed by atoms with Gasteiger partial charge in [0.05, 0.1) is 6.61 Å². The zero-order valence-corrected chi connectivity index (χ0v) is 15.9. The van der Waals surface area contributed by atoms with E-state index in [2.05, 4.69) is 24.5 Å². The second-order valence-electron chi connectivity index (χ2n) is 6.46. The molecule has 5 heteroatoms. The van der Waals surface area contributed by atoms with Gasteiger partial charge in [-0.05, 0) is 73.4 Å². The normalized spacial score (nSPS) is 10.4. The number of benzene rings is 2. The van der Waals surface area contributed by atoms with E-state index in [1.54, 1.807) is 24.3 Å². The molecule has 2 N–H and O–H groups in total. The minimum atomic E-state index is -0.252. The number of ether oxygens (including phenoxy) is 1. The fraction of sp³-hybridized carbons (Fsp3) is 0.300. The third-order valence-corrected chi connectivity index (χ3v) is 3.77. The molecule has 1 amide bonds. The number of nitrogens with one attached hydrogen (secondary N) is 2. The molecule has 0 heterocycles. The fourth-order valence-corrected chi connectivity index (χ4v) is 2.37. The quantitative estimate of drug-likeness (QED) is 0.777. The maximum Gasteiger partial charge on any atom is 0.257 e. The molecule has 0 spiro atoms. The molecule has 0 fully saturated rings. The van der Waals surface area contributed by atoms with Crippen LogP contribution in [0.25, 0.3) is 0 Å². The molecule has 0 radical (unpaired) electrons. The largest absolute Gasteiger partial charge is 0.493 e. The maximum atomic E-state index is 12.3. The second kappa shape index (κ2) is 8.62. The highest BCUT2D eigenvalue weighted by molar-refractivity contribution is 7.80. The molecule has 0 unspecified atom stereocenters. The fourth-order valence-electron chi connectivity index (χ4n) is 2.16. The molecule has 0 aliphatic rings. The molecule has 4 nitrogen and oxygen atoms in total. The molecule has 0 bridgehead atoms. The molecule has 2 aromatic rings. The van der Waals surface area contributed by atoms with E-state index >= 15 is 0 Å². The molecule has 132 valence electrons. The molecular weight excluding hydrogens is 332 g/mol. The first kappa shape index (κ1) is 18.9. The molecule has 0 saturated heterocycles. The Morgan fingerprint density at radius 2 is 1.80 bits per heavy atom. The summed E-state index contributed by atoms with van der Waals surface area (Å²) in [6, 6.07) is 13.1. The Labute approximate surface area is 154 Å². The summed E-state index contributed by atoms with van der Waals surface area (Å²) in [6.45, 7) is 8.82. The average molecular weight is 356 g/mol. The Kier molecular flexibility index (Phi) is 6.53. The first-order valence-electron chi connectivity index (χ1n) is 8.27. The van der Waals surface area contributed by atoms with Crippen LogP contribution in [0.5, 0.6) is 5.75 Å². The first-order chi connectivity index (χ1) is 11.8. The third kappa shape index (κ3) is 5.87. The van der Waals surface area contributed by atoms with Gasteiger partial charge >= 0.3 is 0 Å². The first-order valence-corrected chi connectivity index (χ1v) is 8.68. The molecule has 2 aromatic carbocycles. The lowest BCUT2D eigenvalue weighted by atomic mass is 10.1. The van der Waals surface area contributed by atoms with Crippen molar-refractivity contribution in [2.75, 3.05) is 11.9 Å². The van der Waals surface area contributed by atoms with E-state index in [-0.39, 0.29) is 11.0 Å². The summed E-state index contributed by atoms with van der Waals surface area (Å²) in [5.74, 6) is 0.955. The number of amides is 1. The summed E-state index contributed by atoms with van der Waals surface area (Å²) < 4.78 is 5.62. The lowest BCUT2D eigenvalue weighted by molar-refractivity contribution is 0.0977. The van der Waals surface area contributed by atoms with Gasteiger partial charge in [0.1, 0.15) is 5.75 Å². The van der Waals surface area contributed by atoms with Crippen LogP contribution in [0.4, 0.5) is 5.69 Å². The predicted molar refractivity (Wildman–Crippen MR) is 106 cm³/mol. The van der Waals surface area contributed by atoms with Gasteiger partial charge < -0.3 is 10.1 Å². The molecule has 25 heavy (non-hydrogen) atoms. The van der Waals surface area contributed by atoms with E-state index < -0.39 is 0 Å². The molecular formula is C20H24N2O2S. The highest BCUT2D eigenvalue weighted by Gasteiger charge is 2.09. The molecule has 0 aliphatic carbocycles. The van der Waals surface area contributed by atoms with E-state index in [9.17, 15) is 4.79 Å². The maximum absolute atomic E-state index is 12.3. The van der Waals surface area contributed by atoms with Crippen LogP contribution in [0.3, 0.4) is 0 Å². The molecule has 0 aliphatic heterocycles. The number of hydrogen-bond donors (Lipinski definition) is 2. The van der Waals surface area contributed by atoms with Crippen molar-refractivity contribution >= 4 is 28.9 Å². The van der Waals surface area contributed by atoms with Crippen molar-refractivity contribution in [3.63, 3.8) is 0 Å². The minimum Gasteiger partial charge on any atom is -0.493 e. The Morgan fingerprint density at radius 3 is 2.44 bits per heavy atom. The standard InChI is InChI=1S/C20H24N2O2S/c1-13(2)12-24-17-9-7-16(8-10-17)19(23)22-20(25)21-18-11-14(3)5-6-15(18)4/h5-11,13H,12H2,1-4H3,(H2,21,22,23,25). The van der Waals surface area contributed by atoms with Crippen LogP contribution < -0.4 is 15.4 Å². The predicted octanol–water partition coefficient (Wildman–Crippen LogP) is 4.47. The summed E-state index contributed by atoms with van der Waals surface area (Å²) in [4.78, 5) is 12.3. The summed E-state index contributed by atoms with van der Waals surface area (Å²) >= 11 is 5.24. The average Bonchev–Trinajstić information content (AvgIpc) is 2.56. The van der Waals surface area contributed by atoms with Gasteiger partial charge in [-0.2, -0.15) is 0 Å². The molecule has 0 saturated carbocycles. The topological polar surface area (TPSA) is 50.4 Å². The lowest BCUT2D eigenvalue weighted by Crippen LogP contribution is -2.34. The van der Waals surface area contributed by atoms with Gasteiger partial charge in [-0.25, -0.2) is 0 Å². The van der Waals surface area contributed by atoms with Crippen LogP contribution in [0, 0.1) is 19.8 Å². The Hall–Kier alpha value is -2.40. The number of hydrogen-bond acceptors (Lipinski definition) is 3. The molecule has 2 rings (SSSR count). The van der Waals surface area contributed by atoms with Crippen LogP contribution in [0.1, 0.15) is 35.3 Å². The van der Waals surface area contributed by atoms with Gasteiger partial charge in [-0.15, -0.1) is 0 Å². The zero-order chi connectivity index (χ0) is 18.4. The van der Waals surface area contributed by atoms with E-state index in [1.807, 2.05) is 32.0 Å². The smallest absolute Gasteiger partial charge is 0.257 e. The van der Waals surface area contributed by atoms with Crippen LogP contribution in [0.15, 0.2) is 42.5 Å². The highest BCUT2D eigenvalue weighted by Crippen LogP contribution is 2.16. The number of carbonyl (C=O) groups excluding carboxylic acids is 1. The van der Waals surface area contributed by atoms with E-state index in [0.29, 0.717) is 18.1 Å². The minimum absolute atomic E-state index is 0.252. The number of anilines is 1. The van der Waals surface area contributed by atoms with E-state index in [1.165, 1.54) is 0 Å². The SMILES string of the molecule is Cc1ccc(C)c(NC(=S)NC(=O)c2ccc(OCC(C)C)cc2)c1. The highest BCUT2D eigenvalue weighted by atomic mass is 32.1. The van der Waals surface area contributed by atoms with Gasteiger partial charge in [-0.1, -0.05) is 26.0 Å². The zero-order valence-electron chi connectivity index (χ0n) is 15.1. The van der Waals surface area contributed by atoms with Crippen LogP contribution >= 0.6 is 12.2 Å². The number of rotatable bonds is 5. The lowest BCUT2D eigenvalue weighted by Gasteiger charge is -2.13. The monoisotopic (exact) mass is 356 g/mol. The van der Waals surface area contributed by atoms with Crippen molar-refractivity contribution < 1.29 is 9.53 Å². The number of carbonyl (C=O) groups is 1. The third-order valence-electron chi connectivity index (χ3n) is 3.57. The van der Waals surface area contributed by atoms with Crippen LogP contribution in [0.2, 0.25) is 0 Å². The number of aryl methyl sites for hydroxylation is 2. The van der Waals surface area contributed by atoms with Crippen molar-refractivity contribution in [3.05, 3.63) is 59.2 Å². The summed E-state index contributed by atoms with van der Waals surface area (Å²) in [5, 5.41) is 6.05. The van der Waals surface area contributed by atoms with Crippen LogP contribution in [-0.2, 0) is 0 Å². The van der Waals surface area contributed by atoms with Gasteiger partial charge in [-0.3, -0.25) is 10.1 Å².